The number of piperazine rings is 1. The number of hydrogen-bond donors (Lipinski definition) is 1. The van der Waals surface area contributed by atoms with Crippen LogP contribution in [0, 0.1) is 10.1 Å². The molecule has 1 heterocycles. The van der Waals surface area contributed by atoms with E-state index in [-0.39, 0.29) is 22.2 Å². The Morgan fingerprint density at radius 2 is 1.82 bits per heavy atom. The van der Waals surface area contributed by atoms with Crippen LogP contribution in [0.15, 0.2) is 42.5 Å². The van der Waals surface area contributed by atoms with Crippen molar-refractivity contribution in [2.75, 3.05) is 44.7 Å². The summed E-state index contributed by atoms with van der Waals surface area (Å²) in [6, 6.07) is 12.4. The molecule has 0 aromatic heterocycles. The molecule has 1 aliphatic heterocycles. The highest BCUT2D eigenvalue weighted by Gasteiger charge is 2.16. The summed E-state index contributed by atoms with van der Waals surface area (Å²) >= 11 is 5.78. The van der Waals surface area contributed by atoms with Gasteiger partial charge in [-0.3, -0.25) is 14.9 Å². The van der Waals surface area contributed by atoms with Crippen molar-refractivity contribution in [1.82, 2.24) is 10.2 Å². The number of carbonyl (C=O) groups excluding carboxylic acids is 1. The number of hydrogen-bond acceptors (Lipinski definition) is 5. The number of nitrogens with one attached hydrogen (secondary N) is 1. The smallest absolute Gasteiger partial charge is 0.288 e. The molecule has 0 bridgehead atoms. The minimum Gasteiger partial charge on any atom is -0.369 e. The summed E-state index contributed by atoms with van der Waals surface area (Å²) in [5.74, 6) is -0.353. The molecule has 148 valence electrons. The van der Waals surface area contributed by atoms with Crippen molar-refractivity contribution in [2.24, 2.45) is 0 Å². The molecule has 0 atom stereocenters. The predicted molar refractivity (Wildman–Crippen MR) is 110 cm³/mol. The van der Waals surface area contributed by atoms with Crippen LogP contribution in [-0.2, 0) is 6.42 Å². The minimum atomic E-state index is -0.596. The van der Waals surface area contributed by atoms with Crippen LogP contribution in [0.3, 0.4) is 0 Å². The Hall–Kier alpha value is -2.64. The van der Waals surface area contributed by atoms with E-state index in [1.807, 2.05) is 0 Å². The average molecular weight is 403 g/mol. The Labute approximate surface area is 169 Å². The zero-order valence-corrected chi connectivity index (χ0v) is 16.5. The topological polar surface area (TPSA) is 78.7 Å². The Kier molecular flexibility index (Phi) is 6.49. The van der Waals surface area contributed by atoms with Gasteiger partial charge in [-0.05, 0) is 43.3 Å². The lowest BCUT2D eigenvalue weighted by Gasteiger charge is -2.34. The van der Waals surface area contributed by atoms with E-state index >= 15 is 0 Å². The van der Waals surface area contributed by atoms with Gasteiger partial charge in [0.25, 0.3) is 11.6 Å². The van der Waals surface area contributed by atoms with Crippen molar-refractivity contribution in [3.63, 3.8) is 0 Å². The van der Waals surface area contributed by atoms with Crippen LogP contribution in [0.2, 0.25) is 5.02 Å². The molecule has 1 aliphatic rings. The molecule has 0 radical (unpaired) electrons. The Bertz CT molecular complexity index is 849. The van der Waals surface area contributed by atoms with E-state index in [4.69, 9.17) is 11.6 Å². The maximum Gasteiger partial charge on any atom is 0.288 e. The molecule has 0 spiro atoms. The lowest BCUT2D eigenvalue weighted by molar-refractivity contribution is -0.384. The molecular weight excluding hydrogens is 380 g/mol. The standard InChI is InChI=1S/C20H23ClN4O3/c1-23-10-12-24(13-11-23)17-5-2-15(3-6-17)8-9-22-20(26)16-4-7-18(21)19(14-16)25(27)28/h2-7,14H,8-13H2,1H3,(H,22,26). The van der Waals surface area contributed by atoms with Crippen LogP contribution in [0.25, 0.3) is 0 Å². The first-order valence-electron chi connectivity index (χ1n) is 9.18. The van der Waals surface area contributed by atoms with Crippen molar-refractivity contribution in [2.45, 2.75) is 6.42 Å². The summed E-state index contributed by atoms with van der Waals surface area (Å²) in [7, 11) is 2.14. The van der Waals surface area contributed by atoms with Crippen molar-refractivity contribution in [3.05, 3.63) is 68.7 Å². The molecule has 2 aromatic carbocycles. The quantitative estimate of drug-likeness (QED) is 0.593. The third-order valence-corrected chi connectivity index (χ3v) is 5.23. The number of anilines is 1. The second kappa shape index (κ2) is 9.03. The number of rotatable bonds is 6. The number of likely N-dealkylation sites (N-methyl/N-ethyl adjacent to an activating group) is 1. The molecule has 28 heavy (non-hydrogen) atoms. The van der Waals surface area contributed by atoms with E-state index in [0.717, 1.165) is 31.7 Å². The van der Waals surface area contributed by atoms with Crippen molar-refractivity contribution in [3.8, 4) is 0 Å². The van der Waals surface area contributed by atoms with E-state index in [9.17, 15) is 14.9 Å². The molecule has 3 rings (SSSR count). The lowest BCUT2D eigenvalue weighted by atomic mass is 10.1. The van der Waals surface area contributed by atoms with Crippen LogP contribution >= 0.6 is 11.6 Å². The van der Waals surface area contributed by atoms with Crippen LogP contribution in [0.4, 0.5) is 11.4 Å². The van der Waals surface area contributed by atoms with Crippen LogP contribution in [0.1, 0.15) is 15.9 Å². The summed E-state index contributed by atoms with van der Waals surface area (Å²) in [5, 5.41) is 13.7. The fourth-order valence-electron chi connectivity index (χ4n) is 3.15. The maximum absolute atomic E-state index is 12.2. The highest BCUT2D eigenvalue weighted by atomic mass is 35.5. The summed E-state index contributed by atoms with van der Waals surface area (Å²) in [6.45, 7) is 4.63. The second-order valence-electron chi connectivity index (χ2n) is 6.89. The fourth-order valence-corrected chi connectivity index (χ4v) is 3.34. The predicted octanol–water partition coefficient (Wildman–Crippen LogP) is 2.97. The molecule has 1 amide bonds. The zero-order chi connectivity index (χ0) is 20.1. The number of nitrogens with zero attached hydrogens (tertiary/aromatic N) is 3. The zero-order valence-electron chi connectivity index (χ0n) is 15.7. The number of nitro groups is 1. The molecule has 7 nitrogen and oxygen atoms in total. The largest absolute Gasteiger partial charge is 0.369 e. The number of nitro benzene ring substituents is 1. The molecule has 8 heteroatoms. The van der Waals surface area contributed by atoms with Gasteiger partial charge < -0.3 is 15.1 Å². The number of carbonyl (C=O) groups is 1. The van der Waals surface area contributed by atoms with E-state index in [1.54, 1.807) is 0 Å². The van der Waals surface area contributed by atoms with E-state index in [1.165, 1.54) is 23.9 Å². The molecule has 0 unspecified atom stereocenters. The summed E-state index contributed by atoms with van der Waals surface area (Å²) < 4.78 is 0. The molecular formula is C20H23ClN4O3. The first-order chi connectivity index (χ1) is 13.4. The highest BCUT2D eigenvalue weighted by Crippen LogP contribution is 2.25. The van der Waals surface area contributed by atoms with E-state index in [2.05, 4.69) is 46.4 Å². The van der Waals surface area contributed by atoms with Gasteiger partial charge in [-0.15, -0.1) is 0 Å². The van der Waals surface area contributed by atoms with Gasteiger partial charge in [-0.1, -0.05) is 23.7 Å². The first-order valence-corrected chi connectivity index (χ1v) is 9.56. The van der Waals surface area contributed by atoms with Crippen LogP contribution in [-0.4, -0.2) is 55.5 Å². The third-order valence-electron chi connectivity index (χ3n) is 4.91. The first kappa shape index (κ1) is 20.1. The van der Waals surface area contributed by atoms with Gasteiger partial charge in [0.2, 0.25) is 0 Å². The molecule has 1 fully saturated rings. The van der Waals surface area contributed by atoms with Crippen LogP contribution in [0.5, 0.6) is 0 Å². The van der Waals surface area contributed by atoms with Crippen LogP contribution < -0.4 is 10.2 Å². The maximum atomic E-state index is 12.2. The Morgan fingerprint density at radius 3 is 2.46 bits per heavy atom. The number of halogens is 1. The normalized spacial score (nSPS) is 14.7. The van der Waals surface area contributed by atoms with Gasteiger partial charge in [0.15, 0.2) is 0 Å². The molecule has 2 aromatic rings. The number of benzene rings is 2. The van der Waals surface area contributed by atoms with E-state index in [0.29, 0.717) is 13.0 Å². The summed E-state index contributed by atoms with van der Waals surface area (Å²) in [6.07, 6.45) is 0.685. The molecule has 1 saturated heterocycles. The van der Waals surface area contributed by atoms with E-state index < -0.39 is 4.92 Å². The SMILES string of the molecule is CN1CCN(c2ccc(CCNC(=O)c3ccc(Cl)c([N+](=O)[O-])c3)cc2)CC1. The molecule has 1 N–H and O–H groups in total. The van der Waals surface area contributed by atoms with Gasteiger partial charge in [-0.25, -0.2) is 0 Å². The number of amides is 1. The van der Waals surface area contributed by atoms with Crippen molar-refractivity contribution in [1.29, 1.82) is 0 Å². The Morgan fingerprint density at radius 1 is 1.14 bits per heavy atom. The second-order valence-corrected chi connectivity index (χ2v) is 7.29. The van der Waals surface area contributed by atoms with Gasteiger partial charge in [0.05, 0.1) is 4.92 Å². The molecule has 0 saturated carbocycles. The summed E-state index contributed by atoms with van der Waals surface area (Å²) in [5.41, 5.74) is 2.30. The Balaban J connectivity index is 1.51. The summed E-state index contributed by atoms with van der Waals surface area (Å²) in [4.78, 5) is 27.3. The van der Waals surface area contributed by atoms with Crippen molar-refractivity contribution < 1.29 is 9.72 Å². The molecule has 0 aliphatic carbocycles. The highest BCUT2D eigenvalue weighted by molar-refractivity contribution is 6.32. The monoisotopic (exact) mass is 402 g/mol. The van der Waals surface area contributed by atoms with Gasteiger partial charge in [0.1, 0.15) is 5.02 Å². The average Bonchev–Trinajstić information content (AvgIpc) is 2.69. The van der Waals surface area contributed by atoms with Crippen molar-refractivity contribution >= 4 is 28.9 Å². The minimum absolute atomic E-state index is 0.0157. The third kappa shape index (κ3) is 4.99. The fraction of sp³-hybridized carbons (Fsp3) is 0.350. The van der Waals surface area contributed by atoms with Gasteiger partial charge >= 0.3 is 0 Å². The lowest BCUT2D eigenvalue weighted by Crippen LogP contribution is -2.44. The van der Waals surface area contributed by atoms with Gasteiger partial charge in [-0.2, -0.15) is 0 Å². The van der Waals surface area contributed by atoms with Gasteiger partial charge in [0, 0.05) is 50.0 Å².